The van der Waals surface area contributed by atoms with E-state index in [1.54, 1.807) is 10.7 Å². The standard InChI is InChI=1S/C10H15N5O/c1-3-11-5-8-6-12-9-13-10(16-4-2)14-15(9)7-8/h6-7,11H,3-5H2,1-2H3. The van der Waals surface area contributed by atoms with Crippen LogP contribution >= 0.6 is 0 Å². The van der Waals surface area contributed by atoms with E-state index in [0.29, 0.717) is 18.4 Å². The Morgan fingerprint density at radius 1 is 1.44 bits per heavy atom. The molecule has 2 rings (SSSR count). The van der Waals surface area contributed by atoms with E-state index in [1.807, 2.05) is 13.1 Å². The van der Waals surface area contributed by atoms with Crippen LogP contribution in [0.5, 0.6) is 6.01 Å². The van der Waals surface area contributed by atoms with Crippen molar-refractivity contribution in [1.29, 1.82) is 0 Å². The molecule has 0 aliphatic carbocycles. The molecule has 0 saturated heterocycles. The Hall–Kier alpha value is -1.69. The molecule has 0 bridgehead atoms. The number of ether oxygens (including phenoxy) is 1. The van der Waals surface area contributed by atoms with Crippen LogP contribution in [0.2, 0.25) is 0 Å². The van der Waals surface area contributed by atoms with E-state index in [4.69, 9.17) is 4.74 Å². The topological polar surface area (TPSA) is 64.3 Å². The molecule has 2 aromatic heterocycles. The number of aromatic nitrogens is 4. The smallest absolute Gasteiger partial charge is 0.337 e. The number of rotatable bonds is 5. The fourth-order valence-corrected chi connectivity index (χ4v) is 1.35. The highest BCUT2D eigenvalue weighted by atomic mass is 16.5. The van der Waals surface area contributed by atoms with Crippen LogP contribution in [-0.4, -0.2) is 32.7 Å². The largest absolute Gasteiger partial charge is 0.463 e. The van der Waals surface area contributed by atoms with Crippen LogP contribution < -0.4 is 10.1 Å². The van der Waals surface area contributed by atoms with Gasteiger partial charge in [-0.15, -0.1) is 5.10 Å². The van der Waals surface area contributed by atoms with Crippen molar-refractivity contribution in [3.05, 3.63) is 18.0 Å². The van der Waals surface area contributed by atoms with Crippen molar-refractivity contribution in [2.45, 2.75) is 20.4 Å². The Kier molecular flexibility index (Phi) is 3.31. The van der Waals surface area contributed by atoms with Crippen molar-refractivity contribution in [3.63, 3.8) is 0 Å². The Morgan fingerprint density at radius 2 is 2.31 bits per heavy atom. The first-order valence-electron chi connectivity index (χ1n) is 5.38. The monoisotopic (exact) mass is 221 g/mol. The molecule has 2 heterocycles. The van der Waals surface area contributed by atoms with Gasteiger partial charge in [0.15, 0.2) is 0 Å². The summed E-state index contributed by atoms with van der Waals surface area (Å²) in [6.07, 6.45) is 3.70. The molecule has 0 aliphatic heterocycles. The minimum absolute atomic E-state index is 0.371. The highest BCUT2D eigenvalue weighted by Gasteiger charge is 2.05. The third-order valence-corrected chi connectivity index (χ3v) is 2.08. The predicted molar refractivity (Wildman–Crippen MR) is 59.3 cm³/mol. The van der Waals surface area contributed by atoms with Crippen LogP contribution in [0.3, 0.4) is 0 Å². The first kappa shape index (κ1) is 10.8. The van der Waals surface area contributed by atoms with Crippen LogP contribution in [0, 0.1) is 0 Å². The van der Waals surface area contributed by atoms with Crippen molar-refractivity contribution >= 4 is 5.78 Å². The molecule has 0 radical (unpaired) electrons. The summed E-state index contributed by atoms with van der Waals surface area (Å²) in [7, 11) is 0. The minimum atomic E-state index is 0.371. The second-order valence-electron chi connectivity index (χ2n) is 3.31. The molecule has 0 spiro atoms. The van der Waals surface area contributed by atoms with E-state index in [1.165, 1.54) is 0 Å². The van der Waals surface area contributed by atoms with Gasteiger partial charge in [-0.1, -0.05) is 6.92 Å². The second-order valence-corrected chi connectivity index (χ2v) is 3.31. The quantitative estimate of drug-likeness (QED) is 0.802. The predicted octanol–water partition coefficient (Wildman–Crippen LogP) is 0.632. The molecule has 0 aliphatic rings. The molecule has 0 fully saturated rings. The number of hydrogen-bond acceptors (Lipinski definition) is 5. The van der Waals surface area contributed by atoms with Gasteiger partial charge in [-0.05, 0) is 13.5 Å². The first-order valence-corrected chi connectivity index (χ1v) is 5.38. The lowest BCUT2D eigenvalue weighted by molar-refractivity contribution is 0.313. The SMILES string of the molecule is CCNCc1cnc2nc(OCC)nn2c1. The van der Waals surface area contributed by atoms with Gasteiger partial charge in [-0.25, -0.2) is 9.50 Å². The maximum Gasteiger partial charge on any atom is 0.337 e. The number of nitrogens with one attached hydrogen (secondary N) is 1. The third-order valence-electron chi connectivity index (χ3n) is 2.08. The molecule has 1 N–H and O–H groups in total. The van der Waals surface area contributed by atoms with E-state index >= 15 is 0 Å². The summed E-state index contributed by atoms with van der Waals surface area (Å²) in [5.74, 6) is 0.559. The van der Waals surface area contributed by atoms with Crippen LogP contribution in [0.1, 0.15) is 19.4 Å². The van der Waals surface area contributed by atoms with Gasteiger partial charge >= 0.3 is 6.01 Å². The molecule has 86 valence electrons. The van der Waals surface area contributed by atoms with Gasteiger partial charge in [0.2, 0.25) is 0 Å². The van der Waals surface area contributed by atoms with Gasteiger partial charge in [0.25, 0.3) is 5.78 Å². The van der Waals surface area contributed by atoms with Crippen LogP contribution in [0.25, 0.3) is 5.78 Å². The Balaban J connectivity index is 2.23. The fourth-order valence-electron chi connectivity index (χ4n) is 1.35. The van der Waals surface area contributed by atoms with Gasteiger partial charge in [-0.3, -0.25) is 0 Å². The van der Waals surface area contributed by atoms with Crippen LogP contribution in [-0.2, 0) is 6.54 Å². The summed E-state index contributed by atoms with van der Waals surface area (Å²) < 4.78 is 6.85. The molecule has 6 heteroatoms. The van der Waals surface area contributed by atoms with Crippen molar-refractivity contribution in [2.75, 3.05) is 13.2 Å². The molecule has 0 saturated carbocycles. The maximum absolute atomic E-state index is 5.21. The molecule has 0 unspecified atom stereocenters. The number of hydrogen-bond donors (Lipinski definition) is 1. The molecule has 0 atom stereocenters. The van der Waals surface area contributed by atoms with Gasteiger partial charge in [-0.2, -0.15) is 4.98 Å². The second kappa shape index (κ2) is 4.89. The summed E-state index contributed by atoms with van der Waals surface area (Å²) in [4.78, 5) is 8.33. The van der Waals surface area contributed by atoms with Crippen LogP contribution in [0.15, 0.2) is 12.4 Å². The van der Waals surface area contributed by atoms with E-state index in [9.17, 15) is 0 Å². The molecule has 2 aromatic rings. The summed E-state index contributed by atoms with van der Waals surface area (Å²) in [5.41, 5.74) is 1.07. The third kappa shape index (κ3) is 2.27. The summed E-state index contributed by atoms with van der Waals surface area (Å²) in [6.45, 7) is 6.23. The number of fused-ring (bicyclic) bond motifs is 1. The molecular weight excluding hydrogens is 206 g/mol. The first-order chi connectivity index (χ1) is 7.83. The molecule has 16 heavy (non-hydrogen) atoms. The molecular formula is C10H15N5O. The summed E-state index contributed by atoms with van der Waals surface area (Å²) in [5, 5.41) is 7.39. The lowest BCUT2D eigenvalue weighted by Crippen LogP contribution is -2.12. The van der Waals surface area contributed by atoms with Crippen molar-refractivity contribution in [2.24, 2.45) is 0 Å². The van der Waals surface area contributed by atoms with Gasteiger partial charge in [0.1, 0.15) is 0 Å². The fraction of sp³-hybridized carbons (Fsp3) is 0.500. The van der Waals surface area contributed by atoms with Crippen LogP contribution in [0.4, 0.5) is 0 Å². The Morgan fingerprint density at radius 3 is 3.06 bits per heavy atom. The average molecular weight is 221 g/mol. The average Bonchev–Trinajstić information content (AvgIpc) is 2.68. The number of nitrogens with zero attached hydrogens (tertiary/aromatic N) is 4. The zero-order chi connectivity index (χ0) is 11.4. The zero-order valence-electron chi connectivity index (χ0n) is 9.47. The maximum atomic E-state index is 5.21. The summed E-state index contributed by atoms with van der Waals surface area (Å²) in [6, 6.07) is 0.371. The van der Waals surface area contributed by atoms with E-state index < -0.39 is 0 Å². The van der Waals surface area contributed by atoms with Crippen molar-refractivity contribution < 1.29 is 4.74 Å². The normalized spacial score (nSPS) is 10.9. The van der Waals surface area contributed by atoms with Gasteiger partial charge in [0.05, 0.1) is 6.61 Å². The highest BCUT2D eigenvalue weighted by Crippen LogP contribution is 2.06. The molecule has 0 amide bonds. The van der Waals surface area contributed by atoms with Gasteiger partial charge in [0, 0.05) is 24.5 Å². The Labute approximate surface area is 93.7 Å². The molecule has 6 nitrogen and oxygen atoms in total. The zero-order valence-corrected chi connectivity index (χ0v) is 9.47. The van der Waals surface area contributed by atoms with Gasteiger partial charge < -0.3 is 10.1 Å². The summed E-state index contributed by atoms with van der Waals surface area (Å²) >= 11 is 0. The molecule has 0 aromatic carbocycles. The lowest BCUT2D eigenvalue weighted by atomic mass is 10.3. The van der Waals surface area contributed by atoms with E-state index in [2.05, 4.69) is 27.3 Å². The lowest BCUT2D eigenvalue weighted by Gasteiger charge is -2.00. The Bertz CT molecular complexity index is 467. The van der Waals surface area contributed by atoms with E-state index in [-0.39, 0.29) is 0 Å². The highest BCUT2D eigenvalue weighted by molar-refractivity contribution is 5.29. The van der Waals surface area contributed by atoms with Crippen molar-refractivity contribution in [3.8, 4) is 6.01 Å². The van der Waals surface area contributed by atoms with E-state index in [0.717, 1.165) is 18.7 Å². The minimum Gasteiger partial charge on any atom is -0.463 e. The van der Waals surface area contributed by atoms with Crippen molar-refractivity contribution in [1.82, 2.24) is 24.9 Å².